The van der Waals surface area contributed by atoms with Gasteiger partial charge in [-0.25, -0.2) is 4.98 Å². The monoisotopic (exact) mass is 879 g/mol. The van der Waals surface area contributed by atoms with E-state index in [-0.39, 0.29) is 5.41 Å². The quantitative estimate of drug-likeness (QED) is 0.162. The second-order valence-electron chi connectivity index (χ2n) is 18.2. The number of hydrogen-bond acceptors (Lipinski definition) is 2. The first-order valence-corrected chi connectivity index (χ1v) is 24.2. The maximum absolute atomic E-state index is 5.12. The zero-order chi connectivity index (χ0) is 44.8. The summed E-state index contributed by atoms with van der Waals surface area (Å²) < 4.78 is 1.27. The van der Waals surface area contributed by atoms with E-state index >= 15 is 0 Å². The van der Waals surface area contributed by atoms with Crippen molar-refractivity contribution in [1.82, 2.24) is 4.98 Å². The molecule has 10 aromatic carbocycles. The summed E-state index contributed by atoms with van der Waals surface area (Å²) in [7, 11) is 0. The van der Waals surface area contributed by atoms with Gasteiger partial charge < -0.3 is 0 Å². The largest absolute Gasteiger partial charge is 0.237 e. The van der Waals surface area contributed by atoms with E-state index in [1.807, 2.05) is 0 Å². The molecule has 0 fully saturated rings. The lowest BCUT2D eigenvalue weighted by Crippen LogP contribution is -2.25. The fraction of sp³-hybridized carbons (Fsp3) is 0.0152. The van der Waals surface area contributed by atoms with Crippen molar-refractivity contribution in [3.8, 4) is 89.1 Å². The summed E-state index contributed by atoms with van der Waals surface area (Å²) in [6, 6.07) is 91.9. The van der Waals surface area contributed by atoms with E-state index in [2.05, 4.69) is 249 Å². The molecule has 0 atom stereocenters. The molecule has 14 rings (SSSR count). The summed E-state index contributed by atoms with van der Waals surface area (Å²) in [5.74, 6) is 0. The van der Waals surface area contributed by atoms with Crippen LogP contribution in [0.2, 0.25) is 0 Å². The van der Waals surface area contributed by atoms with Crippen LogP contribution in [0.4, 0.5) is 0 Å². The Labute approximate surface area is 400 Å². The highest BCUT2D eigenvalue weighted by Gasteiger charge is 2.51. The van der Waals surface area contributed by atoms with Crippen LogP contribution in [-0.4, -0.2) is 4.98 Å². The minimum absolute atomic E-state index is 0.332. The molecule has 0 bridgehead atoms. The average Bonchev–Trinajstić information content (AvgIpc) is 4.05. The van der Waals surface area contributed by atoms with Gasteiger partial charge in [-0.05, 0) is 155 Å². The van der Waals surface area contributed by atoms with Gasteiger partial charge in [-0.1, -0.05) is 194 Å². The summed E-state index contributed by atoms with van der Waals surface area (Å²) in [4.78, 5) is 6.20. The summed E-state index contributed by atoms with van der Waals surface area (Å²) in [5, 5.41) is 2.49. The molecule has 12 aromatic rings. The molecule has 1 nitrogen and oxygen atoms in total. The molecule has 1 spiro atoms. The van der Waals surface area contributed by atoms with Crippen molar-refractivity contribution in [1.29, 1.82) is 0 Å². The lowest BCUT2D eigenvalue weighted by molar-refractivity contribution is 0.794. The van der Waals surface area contributed by atoms with E-state index in [1.165, 1.54) is 116 Å². The second kappa shape index (κ2) is 15.3. The molecule has 2 aliphatic rings. The lowest BCUT2D eigenvalue weighted by Gasteiger charge is -2.30. The molecular weight excluding hydrogens is 839 g/mol. The van der Waals surface area contributed by atoms with Crippen LogP contribution in [0.3, 0.4) is 0 Å². The molecule has 0 saturated carbocycles. The minimum Gasteiger partial charge on any atom is -0.237 e. The van der Waals surface area contributed by atoms with Crippen molar-refractivity contribution >= 4 is 31.6 Å². The molecule has 0 unspecified atom stereocenters. The van der Waals surface area contributed by atoms with Crippen LogP contribution >= 0.6 is 11.3 Å². The number of rotatable bonds is 6. The summed E-state index contributed by atoms with van der Waals surface area (Å²) >= 11 is 1.76. The third-order valence-corrected chi connectivity index (χ3v) is 15.6. The molecule has 0 amide bonds. The van der Waals surface area contributed by atoms with Gasteiger partial charge in [0, 0.05) is 21.0 Å². The smallest absolute Gasteiger partial charge is 0.125 e. The van der Waals surface area contributed by atoms with E-state index < -0.39 is 0 Å². The Hall–Kier alpha value is -8.43. The minimum atomic E-state index is -0.332. The van der Waals surface area contributed by atoms with Crippen molar-refractivity contribution in [3.63, 3.8) is 0 Å². The third kappa shape index (κ3) is 5.98. The molecule has 0 radical (unpaired) electrons. The van der Waals surface area contributed by atoms with Gasteiger partial charge in [0.05, 0.1) is 11.1 Å². The van der Waals surface area contributed by atoms with Crippen LogP contribution in [0.15, 0.2) is 249 Å². The zero-order valence-corrected chi connectivity index (χ0v) is 37.8. The number of pyridine rings is 1. The predicted octanol–water partition coefficient (Wildman–Crippen LogP) is 17.8. The topological polar surface area (TPSA) is 12.9 Å². The highest BCUT2D eigenvalue weighted by Crippen LogP contribution is 2.63. The van der Waals surface area contributed by atoms with Crippen molar-refractivity contribution in [3.05, 3.63) is 271 Å². The lowest BCUT2D eigenvalue weighted by atomic mass is 9.70. The first-order valence-electron chi connectivity index (χ1n) is 23.4. The van der Waals surface area contributed by atoms with Crippen LogP contribution in [-0.2, 0) is 5.41 Å². The Balaban J connectivity index is 0.768. The van der Waals surface area contributed by atoms with Crippen molar-refractivity contribution < 1.29 is 0 Å². The molecule has 0 aliphatic heterocycles. The number of hydrogen-bond donors (Lipinski definition) is 0. The van der Waals surface area contributed by atoms with Gasteiger partial charge in [0.25, 0.3) is 0 Å². The van der Waals surface area contributed by atoms with E-state index in [4.69, 9.17) is 4.98 Å². The maximum Gasteiger partial charge on any atom is 0.125 e. The Morgan fingerprint density at radius 2 is 0.647 bits per heavy atom. The average molecular weight is 880 g/mol. The zero-order valence-electron chi connectivity index (χ0n) is 37.0. The van der Waals surface area contributed by atoms with E-state index in [0.29, 0.717) is 0 Å². The Morgan fingerprint density at radius 1 is 0.265 bits per heavy atom. The van der Waals surface area contributed by atoms with Gasteiger partial charge >= 0.3 is 0 Å². The van der Waals surface area contributed by atoms with E-state index in [9.17, 15) is 0 Å². The molecule has 0 saturated heterocycles. The highest BCUT2D eigenvalue weighted by atomic mass is 32.1. The number of thiophene rings is 1. The summed E-state index contributed by atoms with van der Waals surface area (Å²) in [5.41, 5.74) is 24.5. The molecule has 68 heavy (non-hydrogen) atoms. The molecule has 2 heterocycles. The molecule has 0 N–H and O–H groups in total. The maximum atomic E-state index is 5.12. The van der Waals surface area contributed by atoms with Crippen LogP contribution in [0.25, 0.3) is 109 Å². The third-order valence-electron chi connectivity index (χ3n) is 14.5. The van der Waals surface area contributed by atoms with Crippen LogP contribution in [0.1, 0.15) is 22.3 Å². The number of nitrogens with zero attached hydrogens (tertiary/aromatic N) is 1. The second-order valence-corrected chi connectivity index (χ2v) is 19.2. The van der Waals surface area contributed by atoms with Gasteiger partial charge in [-0.2, -0.15) is 0 Å². The summed E-state index contributed by atoms with van der Waals surface area (Å²) in [6.07, 6.45) is 0. The van der Waals surface area contributed by atoms with Gasteiger partial charge in [0.1, 0.15) is 4.83 Å². The molecule has 2 heteroatoms. The van der Waals surface area contributed by atoms with Gasteiger partial charge in [-0.15, -0.1) is 11.3 Å². The standard InChI is InChI=1S/C66H41NS/c1-5-28-59-53(24-1)54-25-2-6-29-60(54)66(59)61-30-7-3-26-55(61)58-41-51(32-34-62(58)66)49-21-12-19-47(39-49)45-17-10-15-43(37-45)42-14-9-16-44(36-42)46-18-11-20-48(38-46)50-22-13-23-52(40-50)63-35-33-57-56-27-4-8-31-64(56)68-65(57)67-63/h1-41H. The SMILES string of the molecule is c1cc(-c2cccc(-c3cccc(-c4ccc5c(c4)-c4ccccc4C54c5ccccc5-c5ccccc54)c3)c2)cc(-c2cccc(-c3cccc(-c4ccc5c(n4)sc4ccccc45)c3)c2)c1. The van der Waals surface area contributed by atoms with Crippen molar-refractivity contribution in [2.45, 2.75) is 5.41 Å². The van der Waals surface area contributed by atoms with E-state index in [0.717, 1.165) is 16.1 Å². The number of fused-ring (bicyclic) bond motifs is 13. The van der Waals surface area contributed by atoms with Gasteiger partial charge in [0.2, 0.25) is 0 Å². The molecule has 316 valence electrons. The first kappa shape index (κ1) is 38.8. The normalized spacial score (nSPS) is 12.8. The number of benzene rings is 10. The Bertz CT molecular complexity index is 3960. The first-order chi connectivity index (χ1) is 33.7. The fourth-order valence-electron chi connectivity index (χ4n) is 11.4. The summed E-state index contributed by atoms with van der Waals surface area (Å²) in [6.45, 7) is 0. The predicted molar refractivity (Wildman–Crippen MR) is 286 cm³/mol. The molecule has 2 aliphatic carbocycles. The van der Waals surface area contributed by atoms with Crippen LogP contribution in [0.5, 0.6) is 0 Å². The van der Waals surface area contributed by atoms with Gasteiger partial charge in [0.15, 0.2) is 0 Å². The Morgan fingerprint density at radius 3 is 1.15 bits per heavy atom. The van der Waals surface area contributed by atoms with E-state index in [1.54, 1.807) is 11.3 Å². The highest BCUT2D eigenvalue weighted by molar-refractivity contribution is 7.25. The number of aromatic nitrogens is 1. The van der Waals surface area contributed by atoms with Crippen LogP contribution < -0.4 is 0 Å². The van der Waals surface area contributed by atoms with Crippen molar-refractivity contribution in [2.24, 2.45) is 0 Å². The van der Waals surface area contributed by atoms with Gasteiger partial charge in [-0.3, -0.25) is 0 Å². The Kier molecular flexibility index (Phi) is 8.74. The van der Waals surface area contributed by atoms with Crippen molar-refractivity contribution in [2.75, 3.05) is 0 Å². The molecule has 2 aromatic heterocycles. The molecular formula is C66H41NS. The van der Waals surface area contributed by atoms with Crippen LogP contribution in [0, 0.1) is 0 Å². The fourth-order valence-corrected chi connectivity index (χ4v) is 12.5.